The van der Waals surface area contributed by atoms with Crippen molar-refractivity contribution in [3.63, 3.8) is 0 Å². The maximum atomic E-state index is 13.4. The second kappa shape index (κ2) is 12.2. The lowest BCUT2D eigenvalue weighted by Crippen LogP contribution is -2.25. The number of methoxy groups -OCH3 is 1. The highest BCUT2D eigenvalue weighted by atomic mass is 16.5. The predicted octanol–water partition coefficient (Wildman–Crippen LogP) is 5.08. The Kier molecular flexibility index (Phi) is 8.30. The summed E-state index contributed by atoms with van der Waals surface area (Å²) in [6.07, 6.45) is 1.15. The van der Waals surface area contributed by atoms with Crippen LogP contribution in [-0.2, 0) is 9.53 Å². The molecule has 1 aliphatic heterocycles. The van der Waals surface area contributed by atoms with E-state index in [9.17, 15) is 9.59 Å². The van der Waals surface area contributed by atoms with Crippen LogP contribution in [0.4, 0.5) is 5.69 Å². The van der Waals surface area contributed by atoms with Crippen LogP contribution in [0, 0.1) is 5.92 Å². The van der Waals surface area contributed by atoms with E-state index in [2.05, 4.69) is 39.5 Å². The number of rotatable bonds is 10. The van der Waals surface area contributed by atoms with Crippen LogP contribution >= 0.6 is 0 Å². The van der Waals surface area contributed by atoms with Gasteiger partial charge in [-0.25, -0.2) is 4.98 Å². The number of hydrogen-bond acceptors (Lipinski definition) is 5. The van der Waals surface area contributed by atoms with Gasteiger partial charge < -0.3 is 20.7 Å². The van der Waals surface area contributed by atoms with Crippen molar-refractivity contribution >= 4 is 28.3 Å². The van der Waals surface area contributed by atoms with Crippen LogP contribution in [0.15, 0.2) is 84.9 Å². The Bertz CT molecular complexity index is 1440. The molecule has 200 valence electrons. The molecule has 0 saturated carbocycles. The molecule has 0 bridgehead atoms. The van der Waals surface area contributed by atoms with Gasteiger partial charge >= 0.3 is 0 Å². The summed E-state index contributed by atoms with van der Waals surface area (Å²) in [4.78, 5) is 32.8. The van der Waals surface area contributed by atoms with E-state index >= 15 is 0 Å². The van der Waals surface area contributed by atoms with Crippen molar-refractivity contribution in [3.8, 4) is 11.3 Å². The van der Waals surface area contributed by atoms with Gasteiger partial charge in [-0.2, -0.15) is 0 Å². The number of carbonyl (C=O) groups is 2. The number of anilines is 1. The van der Waals surface area contributed by atoms with Gasteiger partial charge in [0.1, 0.15) is 5.69 Å². The predicted molar refractivity (Wildman–Crippen MR) is 155 cm³/mol. The second-order valence-electron chi connectivity index (χ2n) is 10.1. The molecule has 0 spiro atoms. The number of primary amides is 1. The fourth-order valence-corrected chi connectivity index (χ4v) is 5.63. The van der Waals surface area contributed by atoms with Gasteiger partial charge in [-0.3, -0.25) is 9.59 Å². The lowest BCUT2D eigenvalue weighted by molar-refractivity contribution is -0.116. The van der Waals surface area contributed by atoms with E-state index in [1.807, 2.05) is 60.7 Å². The molecule has 39 heavy (non-hydrogen) atoms. The molecule has 1 fully saturated rings. The molecule has 1 saturated heterocycles. The SMILES string of the molecule is COCCN1C[C@@H](CCC(=O)Nc2c(-c3ccccc3)nc(C(N)=O)c3ccccc23)[C@H](c2ccccc2)C1. The molecule has 3 N–H and O–H groups in total. The average molecular weight is 523 g/mol. The summed E-state index contributed by atoms with van der Waals surface area (Å²) in [5.41, 5.74) is 9.13. The first kappa shape index (κ1) is 26.5. The molecule has 2 atom stereocenters. The third-order valence-corrected chi connectivity index (χ3v) is 7.56. The van der Waals surface area contributed by atoms with Crippen LogP contribution in [0.1, 0.15) is 34.8 Å². The number of carbonyl (C=O) groups excluding carboxylic acids is 2. The maximum Gasteiger partial charge on any atom is 0.267 e. The van der Waals surface area contributed by atoms with Crippen LogP contribution in [-0.4, -0.2) is 55.0 Å². The first-order chi connectivity index (χ1) is 19.0. The monoisotopic (exact) mass is 522 g/mol. The molecular weight excluding hydrogens is 488 g/mol. The number of pyridine rings is 1. The Morgan fingerprint density at radius 3 is 2.31 bits per heavy atom. The molecular formula is C32H34N4O3. The molecule has 3 aromatic carbocycles. The quantitative estimate of drug-likeness (QED) is 0.303. The van der Waals surface area contributed by atoms with Crippen molar-refractivity contribution in [2.75, 3.05) is 38.7 Å². The molecule has 2 heterocycles. The Labute approximate surface area is 229 Å². The van der Waals surface area contributed by atoms with Gasteiger partial charge in [0.15, 0.2) is 0 Å². The van der Waals surface area contributed by atoms with Crippen molar-refractivity contribution in [1.82, 2.24) is 9.88 Å². The van der Waals surface area contributed by atoms with E-state index in [0.29, 0.717) is 41.6 Å². The highest BCUT2D eigenvalue weighted by Gasteiger charge is 2.33. The van der Waals surface area contributed by atoms with E-state index in [1.165, 1.54) is 5.56 Å². The second-order valence-corrected chi connectivity index (χ2v) is 10.1. The van der Waals surface area contributed by atoms with Crippen molar-refractivity contribution in [1.29, 1.82) is 0 Å². The molecule has 2 amide bonds. The van der Waals surface area contributed by atoms with E-state index in [-0.39, 0.29) is 11.6 Å². The molecule has 5 rings (SSSR count). The Hall–Kier alpha value is -4.07. The van der Waals surface area contributed by atoms with Crippen LogP contribution in [0.5, 0.6) is 0 Å². The third-order valence-electron chi connectivity index (χ3n) is 7.56. The highest BCUT2D eigenvalue weighted by Crippen LogP contribution is 2.37. The van der Waals surface area contributed by atoms with Crippen molar-refractivity contribution in [2.24, 2.45) is 11.7 Å². The maximum absolute atomic E-state index is 13.4. The van der Waals surface area contributed by atoms with Gasteiger partial charge in [0, 0.05) is 55.4 Å². The van der Waals surface area contributed by atoms with Gasteiger partial charge in [-0.1, -0.05) is 84.9 Å². The van der Waals surface area contributed by atoms with Crippen molar-refractivity contribution in [2.45, 2.75) is 18.8 Å². The minimum Gasteiger partial charge on any atom is -0.383 e. The lowest BCUT2D eigenvalue weighted by Gasteiger charge is -2.19. The molecule has 0 aliphatic carbocycles. The van der Waals surface area contributed by atoms with Crippen molar-refractivity contribution in [3.05, 3.63) is 96.2 Å². The first-order valence-corrected chi connectivity index (χ1v) is 13.4. The molecule has 1 aliphatic rings. The van der Waals surface area contributed by atoms with E-state index < -0.39 is 5.91 Å². The molecule has 4 aromatic rings. The number of fused-ring (bicyclic) bond motifs is 1. The van der Waals surface area contributed by atoms with Gasteiger partial charge in [0.05, 0.1) is 18.0 Å². The van der Waals surface area contributed by atoms with Crippen LogP contribution in [0.3, 0.4) is 0 Å². The summed E-state index contributed by atoms with van der Waals surface area (Å²) in [6, 6.07) is 27.5. The summed E-state index contributed by atoms with van der Waals surface area (Å²) >= 11 is 0. The van der Waals surface area contributed by atoms with Gasteiger partial charge in [-0.15, -0.1) is 0 Å². The average Bonchev–Trinajstić information content (AvgIpc) is 3.39. The summed E-state index contributed by atoms with van der Waals surface area (Å²) in [7, 11) is 1.73. The number of benzene rings is 3. The summed E-state index contributed by atoms with van der Waals surface area (Å²) in [5.74, 6) is 0.0457. The summed E-state index contributed by atoms with van der Waals surface area (Å²) < 4.78 is 5.31. The summed E-state index contributed by atoms with van der Waals surface area (Å²) in [6.45, 7) is 3.47. The van der Waals surface area contributed by atoms with Crippen LogP contribution in [0.25, 0.3) is 22.0 Å². The topological polar surface area (TPSA) is 97.6 Å². The molecule has 0 radical (unpaired) electrons. The number of nitrogens with one attached hydrogen (secondary N) is 1. The van der Waals surface area contributed by atoms with Gasteiger partial charge in [0.2, 0.25) is 5.91 Å². The minimum atomic E-state index is -0.604. The number of nitrogens with zero attached hydrogens (tertiary/aromatic N) is 2. The number of ether oxygens (including phenoxy) is 1. The van der Waals surface area contributed by atoms with Crippen LogP contribution < -0.4 is 11.1 Å². The van der Waals surface area contributed by atoms with E-state index in [1.54, 1.807) is 7.11 Å². The smallest absolute Gasteiger partial charge is 0.267 e. The zero-order valence-electron chi connectivity index (χ0n) is 22.2. The Morgan fingerprint density at radius 1 is 0.949 bits per heavy atom. The summed E-state index contributed by atoms with van der Waals surface area (Å²) in [5, 5.41) is 4.51. The fourth-order valence-electron chi connectivity index (χ4n) is 5.63. The zero-order chi connectivity index (χ0) is 27.2. The molecule has 7 nitrogen and oxygen atoms in total. The van der Waals surface area contributed by atoms with Crippen molar-refractivity contribution < 1.29 is 14.3 Å². The molecule has 0 unspecified atom stereocenters. The van der Waals surface area contributed by atoms with E-state index in [0.717, 1.165) is 37.0 Å². The lowest BCUT2D eigenvalue weighted by atomic mass is 9.86. The number of likely N-dealkylation sites (tertiary alicyclic amines) is 1. The molecule has 7 heteroatoms. The number of nitrogens with two attached hydrogens (primary N) is 1. The first-order valence-electron chi connectivity index (χ1n) is 13.4. The Morgan fingerprint density at radius 2 is 1.62 bits per heavy atom. The number of aromatic nitrogens is 1. The minimum absolute atomic E-state index is 0.0758. The van der Waals surface area contributed by atoms with Gasteiger partial charge in [-0.05, 0) is 17.9 Å². The third kappa shape index (κ3) is 6.00. The zero-order valence-corrected chi connectivity index (χ0v) is 22.2. The van der Waals surface area contributed by atoms with Gasteiger partial charge in [0.25, 0.3) is 5.91 Å². The standard InChI is InChI=1S/C32H34N4O3/c1-39-19-18-36-20-24(27(21-36)22-10-4-2-5-11-22)16-17-28(37)34-30-25-14-8-9-15-26(25)31(32(33)38)35-29(30)23-12-6-3-7-13-23/h2-15,24,27H,16-21H2,1H3,(H2,33,38)(H,34,37)/t24-,27+/m1/s1. The number of hydrogen-bond donors (Lipinski definition) is 2. The fraction of sp³-hybridized carbons (Fsp3) is 0.281. The van der Waals surface area contributed by atoms with Crippen LogP contribution in [0.2, 0.25) is 0 Å². The number of amides is 2. The largest absolute Gasteiger partial charge is 0.383 e. The van der Waals surface area contributed by atoms with E-state index in [4.69, 9.17) is 10.5 Å². The Balaban J connectivity index is 1.40. The molecule has 1 aromatic heterocycles. The normalized spacial score (nSPS) is 17.4. The highest BCUT2D eigenvalue weighted by molar-refractivity contribution is 6.13.